The fourth-order valence-corrected chi connectivity index (χ4v) is 2.51. The van der Waals surface area contributed by atoms with Gasteiger partial charge in [-0.3, -0.25) is 9.59 Å². The molecule has 7 heteroatoms. The van der Waals surface area contributed by atoms with Crippen LogP contribution >= 0.6 is 27.5 Å². The van der Waals surface area contributed by atoms with Gasteiger partial charge >= 0.3 is 0 Å². The predicted octanol–water partition coefficient (Wildman–Crippen LogP) is 4.02. The molecule has 0 saturated carbocycles. The van der Waals surface area contributed by atoms with Crippen LogP contribution in [0.4, 0.5) is 5.69 Å². The third kappa shape index (κ3) is 7.15. The summed E-state index contributed by atoms with van der Waals surface area (Å²) in [6.45, 7) is 0.347. The van der Waals surface area contributed by atoms with E-state index in [-0.39, 0.29) is 18.4 Å². The van der Waals surface area contributed by atoms with Gasteiger partial charge in [-0.05, 0) is 58.7 Å². The van der Waals surface area contributed by atoms with Gasteiger partial charge in [0.2, 0.25) is 11.8 Å². The first-order valence-electron chi connectivity index (χ1n) is 7.74. The Morgan fingerprint density at radius 3 is 2.48 bits per heavy atom. The molecule has 0 unspecified atom stereocenters. The first-order chi connectivity index (χ1) is 12.0. The van der Waals surface area contributed by atoms with Crippen LogP contribution in [0, 0.1) is 0 Å². The summed E-state index contributed by atoms with van der Waals surface area (Å²) in [4.78, 5) is 23.5. The van der Waals surface area contributed by atoms with E-state index in [1.807, 2.05) is 24.3 Å². The smallest absolute Gasteiger partial charge is 0.243 e. The average Bonchev–Trinajstić information content (AvgIpc) is 2.60. The van der Waals surface area contributed by atoms with E-state index in [9.17, 15) is 9.59 Å². The van der Waals surface area contributed by atoms with Gasteiger partial charge in [0, 0.05) is 17.1 Å². The number of carbonyl (C=O) groups is 2. The zero-order valence-corrected chi connectivity index (χ0v) is 15.8. The van der Waals surface area contributed by atoms with Gasteiger partial charge in [0.25, 0.3) is 0 Å². The topological polar surface area (TPSA) is 67.4 Å². The van der Waals surface area contributed by atoms with Crippen LogP contribution in [-0.2, 0) is 9.59 Å². The molecular formula is C18H18BrClN2O3. The molecule has 2 rings (SSSR count). The monoisotopic (exact) mass is 424 g/mol. The molecule has 0 atom stereocenters. The molecule has 0 spiro atoms. The largest absolute Gasteiger partial charge is 0.492 e. The summed E-state index contributed by atoms with van der Waals surface area (Å²) < 4.78 is 6.46. The number of carbonyl (C=O) groups excluding carboxylic acids is 2. The Morgan fingerprint density at radius 2 is 1.76 bits per heavy atom. The first kappa shape index (κ1) is 19.3. The second-order valence-corrected chi connectivity index (χ2v) is 6.51. The summed E-state index contributed by atoms with van der Waals surface area (Å²) in [6, 6.07) is 14.3. The van der Waals surface area contributed by atoms with Gasteiger partial charge in [-0.1, -0.05) is 23.7 Å². The Morgan fingerprint density at radius 1 is 1.04 bits per heavy atom. The van der Waals surface area contributed by atoms with Crippen molar-refractivity contribution in [2.45, 2.75) is 12.8 Å². The zero-order valence-electron chi connectivity index (χ0n) is 13.4. The Balaban J connectivity index is 1.61. The van der Waals surface area contributed by atoms with Crippen LogP contribution in [0.3, 0.4) is 0 Å². The molecule has 2 N–H and O–H groups in total. The van der Waals surface area contributed by atoms with Crippen molar-refractivity contribution < 1.29 is 14.3 Å². The van der Waals surface area contributed by atoms with Crippen LogP contribution < -0.4 is 15.4 Å². The Hall–Kier alpha value is -2.05. The highest BCUT2D eigenvalue weighted by Crippen LogP contribution is 2.23. The number of amides is 2. The van der Waals surface area contributed by atoms with Crippen molar-refractivity contribution in [3.63, 3.8) is 0 Å². The molecule has 0 fully saturated rings. The van der Waals surface area contributed by atoms with E-state index < -0.39 is 0 Å². The van der Waals surface area contributed by atoms with Gasteiger partial charge in [-0.25, -0.2) is 0 Å². The van der Waals surface area contributed by atoms with Gasteiger partial charge in [0.1, 0.15) is 5.75 Å². The summed E-state index contributed by atoms with van der Waals surface area (Å²) >= 11 is 9.17. The van der Waals surface area contributed by atoms with E-state index in [2.05, 4.69) is 26.6 Å². The summed E-state index contributed by atoms with van der Waals surface area (Å²) in [7, 11) is 0. The molecule has 0 heterocycles. The first-order valence-corrected chi connectivity index (χ1v) is 8.91. The molecule has 0 aromatic heterocycles. The standard InChI is InChI=1S/C18H18BrClN2O3/c19-15-4-1-2-5-16(15)25-11-3-6-17(23)21-12-18(24)22-14-9-7-13(20)8-10-14/h1-2,4-5,7-10H,3,6,11-12H2,(H,21,23)(H,22,24). The van der Waals surface area contributed by atoms with E-state index in [0.717, 1.165) is 10.2 Å². The highest BCUT2D eigenvalue weighted by atomic mass is 79.9. The summed E-state index contributed by atoms with van der Waals surface area (Å²) in [5.41, 5.74) is 0.630. The molecule has 25 heavy (non-hydrogen) atoms. The third-order valence-corrected chi connectivity index (χ3v) is 4.12. The maximum Gasteiger partial charge on any atom is 0.243 e. The molecule has 2 aromatic carbocycles. The van der Waals surface area contributed by atoms with Gasteiger partial charge in [-0.2, -0.15) is 0 Å². The number of benzene rings is 2. The second kappa shape index (κ2) is 10.1. The minimum Gasteiger partial charge on any atom is -0.492 e. The van der Waals surface area contributed by atoms with E-state index in [4.69, 9.17) is 16.3 Å². The molecular weight excluding hydrogens is 408 g/mol. The molecule has 0 radical (unpaired) electrons. The molecule has 5 nitrogen and oxygen atoms in total. The number of para-hydroxylation sites is 1. The Kier molecular flexibility index (Phi) is 7.76. The molecule has 0 saturated heterocycles. The normalized spacial score (nSPS) is 10.2. The lowest BCUT2D eigenvalue weighted by Crippen LogP contribution is -2.32. The molecule has 2 aromatic rings. The Labute approximate surface area is 159 Å². The van der Waals surface area contributed by atoms with Crippen molar-refractivity contribution in [1.82, 2.24) is 5.32 Å². The van der Waals surface area contributed by atoms with Crippen molar-refractivity contribution in [3.05, 3.63) is 58.0 Å². The van der Waals surface area contributed by atoms with Crippen molar-refractivity contribution in [3.8, 4) is 5.75 Å². The lowest BCUT2D eigenvalue weighted by atomic mass is 10.3. The fourth-order valence-electron chi connectivity index (χ4n) is 1.98. The number of rotatable bonds is 8. The molecule has 0 aliphatic heterocycles. The Bertz CT molecular complexity index is 723. The molecule has 132 valence electrons. The zero-order chi connectivity index (χ0) is 18.1. The van der Waals surface area contributed by atoms with Crippen molar-refractivity contribution in [2.24, 2.45) is 0 Å². The molecule has 0 aliphatic carbocycles. The summed E-state index contributed by atoms with van der Waals surface area (Å²) in [6.07, 6.45) is 0.852. The van der Waals surface area contributed by atoms with Crippen LogP contribution in [0.5, 0.6) is 5.75 Å². The van der Waals surface area contributed by atoms with E-state index in [0.29, 0.717) is 30.2 Å². The van der Waals surface area contributed by atoms with Gasteiger partial charge in [0.15, 0.2) is 0 Å². The number of ether oxygens (including phenoxy) is 1. The summed E-state index contributed by atoms with van der Waals surface area (Å²) in [5, 5.41) is 5.85. The average molecular weight is 426 g/mol. The van der Waals surface area contributed by atoms with Gasteiger partial charge in [-0.15, -0.1) is 0 Å². The number of hydrogen-bond donors (Lipinski definition) is 2. The molecule has 2 amide bonds. The van der Waals surface area contributed by atoms with Crippen LogP contribution in [0.2, 0.25) is 5.02 Å². The van der Waals surface area contributed by atoms with E-state index in [1.165, 1.54) is 0 Å². The van der Waals surface area contributed by atoms with Crippen molar-refractivity contribution in [1.29, 1.82) is 0 Å². The minimum atomic E-state index is -0.292. The number of nitrogens with one attached hydrogen (secondary N) is 2. The van der Waals surface area contributed by atoms with E-state index in [1.54, 1.807) is 24.3 Å². The van der Waals surface area contributed by atoms with Gasteiger partial charge in [0.05, 0.1) is 17.6 Å². The van der Waals surface area contributed by atoms with E-state index >= 15 is 0 Å². The van der Waals surface area contributed by atoms with Crippen LogP contribution in [-0.4, -0.2) is 25.0 Å². The fraction of sp³-hybridized carbons (Fsp3) is 0.222. The SMILES string of the molecule is O=C(CCCOc1ccccc1Br)NCC(=O)Nc1ccc(Cl)cc1. The number of hydrogen-bond acceptors (Lipinski definition) is 3. The van der Waals surface area contributed by atoms with Crippen molar-refractivity contribution in [2.75, 3.05) is 18.5 Å². The van der Waals surface area contributed by atoms with Crippen LogP contribution in [0.25, 0.3) is 0 Å². The molecule has 0 bridgehead atoms. The van der Waals surface area contributed by atoms with Crippen LogP contribution in [0.1, 0.15) is 12.8 Å². The highest BCUT2D eigenvalue weighted by Gasteiger charge is 2.06. The maximum absolute atomic E-state index is 11.8. The maximum atomic E-state index is 11.8. The van der Waals surface area contributed by atoms with Gasteiger partial charge < -0.3 is 15.4 Å². The summed E-state index contributed by atoms with van der Waals surface area (Å²) in [5.74, 6) is 0.257. The second-order valence-electron chi connectivity index (χ2n) is 5.21. The lowest BCUT2D eigenvalue weighted by molar-refractivity contribution is -0.124. The van der Waals surface area contributed by atoms with Crippen LogP contribution in [0.15, 0.2) is 53.0 Å². The van der Waals surface area contributed by atoms with Crippen molar-refractivity contribution >= 4 is 45.0 Å². The quantitative estimate of drug-likeness (QED) is 0.628. The molecule has 0 aliphatic rings. The number of halogens is 2. The lowest BCUT2D eigenvalue weighted by Gasteiger charge is -2.09. The third-order valence-electron chi connectivity index (χ3n) is 3.22. The number of anilines is 1. The highest BCUT2D eigenvalue weighted by molar-refractivity contribution is 9.10. The predicted molar refractivity (Wildman–Crippen MR) is 102 cm³/mol. The minimum absolute atomic E-state index is 0.0768.